The van der Waals surface area contributed by atoms with Gasteiger partial charge in [-0.25, -0.2) is 4.98 Å². The minimum Gasteiger partial charge on any atom is -0.310 e. The lowest BCUT2D eigenvalue weighted by Crippen LogP contribution is -2.27. The molecule has 0 spiro atoms. The highest BCUT2D eigenvalue weighted by atomic mass is 16.1. The molecule has 1 amide bonds. The van der Waals surface area contributed by atoms with Crippen molar-refractivity contribution < 1.29 is 4.79 Å². The van der Waals surface area contributed by atoms with Gasteiger partial charge in [0.2, 0.25) is 5.62 Å². The number of rotatable bonds is 4. The van der Waals surface area contributed by atoms with Crippen LogP contribution in [-0.4, -0.2) is 25.0 Å². The Morgan fingerprint density at radius 1 is 0.963 bits per heavy atom. The molecule has 0 aliphatic heterocycles. The Balaban J connectivity index is 1.90. The summed E-state index contributed by atoms with van der Waals surface area (Å²) in [6.45, 7) is 5.70. The van der Waals surface area contributed by atoms with Crippen LogP contribution in [0.1, 0.15) is 30.8 Å². The molecule has 0 saturated carbocycles. The number of fused-ring (bicyclic) bond motifs is 2. The highest BCUT2D eigenvalue weighted by Gasteiger charge is 2.13. The van der Waals surface area contributed by atoms with Crippen molar-refractivity contribution in [2.45, 2.75) is 33.4 Å². The fraction of sp³-hybridized carbons (Fsp3) is 0.238. The van der Waals surface area contributed by atoms with E-state index in [1.807, 2.05) is 36.4 Å². The predicted octanol–water partition coefficient (Wildman–Crippen LogP) is 3.56. The van der Waals surface area contributed by atoms with Crippen molar-refractivity contribution in [1.29, 1.82) is 0 Å². The molecule has 6 nitrogen and oxygen atoms in total. The largest absolute Gasteiger partial charge is 0.310 e. The second-order valence-electron chi connectivity index (χ2n) is 6.35. The number of amides is 1. The van der Waals surface area contributed by atoms with Crippen molar-refractivity contribution in [1.82, 2.24) is 19.1 Å². The molecule has 2 aromatic heterocycles. The van der Waals surface area contributed by atoms with Crippen LogP contribution < -0.4 is 5.62 Å². The van der Waals surface area contributed by atoms with Gasteiger partial charge in [-0.05, 0) is 37.6 Å². The molecule has 4 rings (SSSR count). The van der Waals surface area contributed by atoms with Gasteiger partial charge in [-0.2, -0.15) is 4.99 Å². The van der Waals surface area contributed by atoms with E-state index in [9.17, 15) is 4.79 Å². The normalized spacial score (nSPS) is 12.1. The van der Waals surface area contributed by atoms with Gasteiger partial charge in [0, 0.05) is 13.1 Å². The van der Waals surface area contributed by atoms with Gasteiger partial charge >= 0.3 is 0 Å². The van der Waals surface area contributed by atoms with E-state index in [0.717, 1.165) is 36.1 Å². The van der Waals surface area contributed by atoms with E-state index in [1.165, 1.54) is 6.20 Å². The maximum Gasteiger partial charge on any atom is 0.300 e. The third-order valence-corrected chi connectivity index (χ3v) is 4.58. The summed E-state index contributed by atoms with van der Waals surface area (Å²) < 4.78 is 4.17. The Hall–Kier alpha value is -3.28. The third-order valence-electron chi connectivity index (χ3n) is 4.58. The summed E-state index contributed by atoms with van der Waals surface area (Å²) in [5.74, 6) is -0.379. The lowest BCUT2D eigenvalue weighted by atomic mass is 10.3. The summed E-state index contributed by atoms with van der Waals surface area (Å²) >= 11 is 0. The molecule has 2 heterocycles. The Kier molecular flexibility index (Phi) is 4.54. The molecule has 0 N–H and O–H groups in total. The molecular weight excluding hydrogens is 338 g/mol. The van der Waals surface area contributed by atoms with Crippen LogP contribution in [0.2, 0.25) is 0 Å². The van der Waals surface area contributed by atoms with E-state index < -0.39 is 0 Å². The van der Waals surface area contributed by atoms with Crippen LogP contribution in [0.5, 0.6) is 0 Å². The highest BCUT2D eigenvalue weighted by Crippen LogP contribution is 2.14. The van der Waals surface area contributed by atoms with Gasteiger partial charge in [0.1, 0.15) is 5.69 Å². The molecule has 0 fully saturated rings. The van der Waals surface area contributed by atoms with Gasteiger partial charge in [-0.1, -0.05) is 31.2 Å². The summed E-state index contributed by atoms with van der Waals surface area (Å²) in [4.78, 5) is 26.1. The van der Waals surface area contributed by atoms with Crippen molar-refractivity contribution in [3.63, 3.8) is 0 Å². The molecule has 6 heteroatoms. The zero-order valence-electron chi connectivity index (χ0n) is 15.5. The number of aryl methyl sites for hydroxylation is 2. The first kappa shape index (κ1) is 17.1. The van der Waals surface area contributed by atoms with Crippen molar-refractivity contribution >= 4 is 28.0 Å². The van der Waals surface area contributed by atoms with E-state index in [0.29, 0.717) is 11.1 Å². The molecule has 0 unspecified atom stereocenters. The van der Waals surface area contributed by atoms with Crippen molar-refractivity contribution in [3.8, 4) is 0 Å². The van der Waals surface area contributed by atoms with Gasteiger partial charge in [0.25, 0.3) is 5.91 Å². The Bertz CT molecular complexity index is 1200. The topological polar surface area (TPSA) is 65.1 Å². The smallest absolute Gasteiger partial charge is 0.300 e. The number of carbonyl (C=O) groups is 1. The minimum absolute atomic E-state index is 0.254. The zero-order valence-corrected chi connectivity index (χ0v) is 15.5. The molecule has 0 bridgehead atoms. The van der Waals surface area contributed by atoms with E-state index in [2.05, 4.69) is 50.1 Å². The molecule has 0 atom stereocenters. The molecule has 0 aliphatic carbocycles. The monoisotopic (exact) mass is 359 g/mol. The number of imidazole rings is 1. The summed E-state index contributed by atoms with van der Waals surface area (Å²) in [5, 5.41) is 0. The van der Waals surface area contributed by atoms with Crippen LogP contribution in [0.15, 0.2) is 59.7 Å². The van der Waals surface area contributed by atoms with Gasteiger partial charge < -0.3 is 9.13 Å². The lowest BCUT2D eigenvalue weighted by molar-refractivity contribution is 0.0991. The third kappa shape index (κ3) is 3.03. The van der Waals surface area contributed by atoms with E-state index >= 15 is 0 Å². The minimum atomic E-state index is -0.379. The molecule has 0 aliphatic rings. The fourth-order valence-corrected chi connectivity index (χ4v) is 3.37. The van der Waals surface area contributed by atoms with Gasteiger partial charge in [0.15, 0.2) is 0 Å². The second-order valence-corrected chi connectivity index (χ2v) is 6.35. The number of carbonyl (C=O) groups excluding carboxylic acids is 1. The summed E-state index contributed by atoms with van der Waals surface area (Å²) in [6, 6.07) is 15.6. The van der Waals surface area contributed by atoms with Crippen LogP contribution in [0, 0.1) is 0 Å². The van der Waals surface area contributed by atoms with Crippen LogP contribution in [0.3, 0.4) is 0 Å². The molecule has 0 saturated heterocycles. The molecule has 27 heavy (non-hydrogen) atoms. The molecular formula is C21H21N5O. The van der Waals surface area contributed by atoms with Crippen LogP contribution in [0.4, 0.5) is 0 Å². The predicted molar refractivity (Wildman–Crippen MR) is 105 cm³/mol. The average molecular weight is 359 g/mol. The lowest BCUT2D eigenvalue weighted by Gasteiger charge is -2.03. The van der Waals surface area contributed by atoms with Gasteiger partial charge in [0.05, 0.1) is 28.3 Å². The first-order valence-electron chi connectivity index (χ1n) is 9.21. The van der Waals surface area contributed by atoms with Gasteiger partial charge in [-0.15, -0.1) is 0 Å². The highest BCUT2D eigenvalue weighted by molar-refractivity contribution is 5.94. The number of nitrogens with zero attached hydrogens (tertiary/aromatic N) is 5. The van der Waals surface area contributed by atoms with Crippen LogP contribution >= 0.6 is 0 Å². The Morgan fingerprint density at radius 3 is 2.33 bits per heavy atom. The zero-order chi connectivity index (χ0) is 18.8. The quantitative estimate of drug-likeness (QED) is 0.560. The summed E-state index contributed by atoms with van der Waals surface area (Å²) in [7, 11) is 0. The first-order chi connectivity index (χ1) is 13.2. The Morgan fingerprint density at radius 2 is 1.63 bits per heavy atom. The summed E-state index contributed by atoms with van der Waals surface area (Å²) in [6.07, 6.45) is 2.45. The van der Waals surface area contributed by atoms with E-state index in [-0.39, 0.29) is 11.6 Å². The van der Waals surface area contributed by atoms with Gasteiger partial charge in [-0.3, -0.25) is 9.78 Å². The molecule has 0 radical (unpaired) electrons. The molecule has 2 aromatic carbocycles. The number of benzene rings is 2. The van der Waals surface area contributed by atoms with Crippen LogP contribution in [0.25, 0.3) is 22.1 Å². The number of hydrogen-bond donors (Lipinski definition) is 0. The fourth-order valence-electron chi connectivity index (χ4n) is 3.37. The maximum absolute atomic E-state index is 12.9. The van der Waals surface area contributed by atoms with E-state index in [1.54, 1.807) is 0 Å². The number of hydrogen-bond acceptors (Lipinski definition) is 3. The standard InChI is InChI=1S/C21H21N5O/c1-3-13-26-19-12-8-7-11-18(19)25(4-2)21(26)24-20(27)17-14-22-15-9-5-6-10-16(15)23-17/h5-12,14H,3-4,13H2,1-2H3. The number of aromatic nitrogens is 4. The molecule has 4 aromatic rings. The van der Waals surface area contributed by atoms with Crippen molar-refractivity contribution in [2.24, 2.45) is 4.99 Å². The molecule has 136 valence electrons. The van der Waals surface area contributed by atoms with Crippen molar-refractivity contribution in [2.75, 3.05) is 0 Å². The summed E-state index contributed by atoms with van der Waals surface area (Å²) in [5.41, 5.74) is 4.51. The Labute approximate surface area is 156 Å². The first-order valence-corrected chi connectivity index (χ1v) is 9.21. The number of para-hydroxylation sites is 4. The average Bonchev–Trinajstić information content (AvgIpc) is 3.00. The SMILES string of the molecule is CCCn1c(=NC(=O)c2cnc3ccccc3n2)n(CC)c2ccccc21. The van der Waals surface area contributed by atoms with Crippen molar-refractivity contribution in [3.05, 3.63) is 66.0 Å². The second kappa shape index (κ2) is 7.15. The van der Waals surface area contributed by atoms with E-state index in [4.69, 9.17) is 0 Å². The van der Waals surface area contributed by atoms with Crippen LogP contribution in [-0.2, 0) is 13.1 Å². The maximum atomic E-state index is 12.9.